The fourth-order valence-electron chi connectivity index (χ4n) is 4.67. The van der Waals surface area contributed by atoms with E-state index in [2.05, 4.69) is 44.2 Å². The predicted octanol–water partition coefficient (Wildman–Crippen LogP) is 6.65. The Morgan fingerprint density at radius 2 is 1.91 bits per heavy atom. The maximum atomic E-state index is 12.8. The number of alkyl halides is 3. The number of nitrogens with one attached hydrogen (secondary N) is 1. The number of thiocarbonyl (C=S) groups is 1. The van der Waals surface area contributed by atoms with Crippen LogP contribution in [0.3, 0.4) is 0 Å². The highest BCUT2D eigenvalue weighted by Gasteiger charge is 2.32. The van der Waals surface area contributed by atoms with Crippen molar-refractivity contribution in [3.8, 4) is 22.8 Å². The van der Waals surface area contributed by atoms with Crippen molar-refractivity contribution in [2.24, 2.45) is 4.99 Å². The topological polar surface area (TPSA) is 84.6 Å². The lowest BCUT2D eigenvalue weighted by molar-refractivity contribution is -0.274. The van der Waals surface area contributed by atoms with Gasteiger partial charge in [-0.05, 0) is 85.1 Å². The number of aliphatic imine (C=N–C) groups is 1. The number of hydrogen-bond donors (Lipinski definition) is 1. The molecule has 1 N–H and O–H groups in total. The van der Waals surface area contributed by atoms with Crippen LogP contribution in [0.5, 0.6) is 5.75 Å². The molecule has 13 heteroatoms. The summed E-state index contributed by atoms with van der Waals surface area (Å²) < 4.78 is 42.7. The molecule has 0 atom stereocenters. The van der Waals surface area contributed by atoms with Gasteiger partial charge in [0.15, 0.2) is 16.1 Å². The molecule has 8 nitrogen and oxygen atoms in total. The molecule has 1 aromatic heterocycles. The maximum Gasteiger partial charge on any atom is 0.573 e. The molecule has 44 heavy (non-hydrogen) atoms. The number of aryl methyl sites for hydroxylation is 2. The number of thioether (sulfide) groups is 1. The monoisotopic (exact) mass is 638 g/mol. The lowest BCUT2D eigenvalue weighted by Gasteiger charge is -2.20. The molecule has 5 rings (SSSR count). The zero-order chi connectivity index (χ0) is 31.3. The molecular weight excluding hydrogens is 610 g/mol. The number of carbonyl (C=O) groups is 1. The van der Waals surface area contributed by atoms with Gasteiger partial charge in [0, 0.05) is 12.1 Å². The van der Waals surface area contributed by atoms with Crippen LogP contribution in [0.2, 0.25) is 0 Å². The Labute approximate surface area is 262 Å². The highest BCUT2D eigenvalue weighted by Crippen LogP contribution is 2.31. The number of halogens is 3. The molecule has 1 fully saturated rings. The van der Waals surface area contributed by atoms with Crippen LogP contribution in [0.15, 0.2) is 78.0 Å². The van der Waals surface area contributed by atoms with Gasteiger partial charge in [0.05, 0.1) is 17.1 Å². The van der Waals surface area contributed by atoms with Gasteiger partial charge in [0.25, 0.3) is 0 Å². The molecule has 1 aliphatic rings. The summed E-state index contributed by atoms with van der Waals surface area (Å²) in [4.78, 5) is 23.5. The first kappa shape index (κ1) is 31.2. The first-order chi connectivity index (χ1) is 21.1. The van der Waals surface area contributed by atoms with Crippen LogP contribution in [0.4, 0.5) is 18.9 Å². The minimum atomic E-state index is -4.75. The normalized spacial score (nSPS) is 14.3. The number of hydrogen-bond acceptors (Lipinski definition) is 6. The van der Waals surface area contributed by atoms with Crippen LogP contribution in [-0.4, -0.2) is 49.6 Å². The van der Waals surface area contributed by atoms with Gasteiger partial charge in [-0.25, -0.2) is 9.67 Å². The molecule has 1 amide bonds. The van der Waals surface area contributed by atoms with Crippen LogP contribution < -0.4 is 15.0 Å². The first-order valence-electron chi connectivity index (χ1n) is 13.9. The van der Waals surface area contributed by atoms with Crippen LogP contribution >= 0.6 is 24.0 Å². The maximum absolute atomic E-state index is 12.8. The van der Waals surface area contributed by atoms with Gasteiger partial charge in [-0.15, -0.1) is 18.3 Å². The Hall–Kier alpha value is -4.23. The number of nitrogens with zero attached hydrogens (tertiary/aromatic N) is 5. The van der Waals surface area contributed by atoms with Crippen molar-refractivity contribution >= 4 is 45.9 Å². The number of anilines is 1. The van der Waals surface area contributed by atoms with Crippen molar-refractivity contribution in [3.63, 3.8) is 0 Å². The molecular formula is C31H29F3N6O2S2. The van der Waals surface area contributed by atoms with E-state index in [1.54, 1.807) is 4.90 Å². The van der Waals surface area contributed by atoms with Gasteiger partial charge in [-0.2, -0.15) is 4.99 Å². The highest BCUT2D eigenvalue weighted by molar-refractivity contribution is 8.15. The molecule has 3 aromatic carbocycles. The van der Waals surface area contributed by atoms with Crippen molar-refractivity contribution in [1.82, 2.24) is 20.1 Å². The molecule has 228 valence electrons. The third-order valence-electron chi connectivity index (χ3n) is 6.67. The third kappa shape index (κ3) is 7.83. The average molecular weight is 639 g/mol. The fourth-order valence-corrected chi connectivity index (χ4v) is 5.78. The van der Waals surface area contributed by atoms with Crippen LogP contribution in [0.25, 0.3) is 17.1 Å². The molecule has 0 spiro atoms. The van der Waals surface area contributed by atoms with Crippen LogP contribution in [0, 0.1) is 6.92 Å². The molecule has 1 saturated heterocycles. The minimum absolute atomic E-state index is 0.0140. The van der Waals surface area contributed by atoms with Gasteiger partial charge in [-0.1, -0.05) is 55.4 Å². The van der Waals surface area contributed by atoms with Gasteiger partial charge in [-0.3, -0.25) is 9.69 Å². The van der Waals surface area contributed by atoms with E-state index in [1.807, 2.05) is 37.3 Å². The summed E-state index contributed by atoms with van der Waals surface area (Å²) in [7, 11) is 0. The van der Waals surface area contributed by atoms with Crippen molar-refractivity contribution in [3.05, 3.63) is 89.7 Å². The summed E-state index contributed by atoms with van der Waals surface area (Å²) >= 11 is 6.89. The predicted molar refractivity (Wildman–Crippen MR) is 170 cm³/mol. The van der Waals surface area contributed by atoms with Crippen LogP contribution in [-0.2, 0) is 17.6 Å². The minimum Gasteiger partial charge on any atom is -0.406 e. The number of amides is 1. The molecule has 0 unspecified atom stereocenters. The zero-order valence-electron chi connectivity index (χ0n) is 24.0. The van der Waals surface area contributed by atoms with E-state index in [1.165, 1.54) is 47.0 Å². The Kier molecular flexibility index (Phi) is 9.64. The van der Waals surface area contributed by atoms with E-state index in [9.17, 15) is 18.0 Å². The van der Waals surface area contributed by atoms with E-state index in [4.69, 9.17) is 12.2 Å². The van der Waals surface area contributed by atoms with Crippen molar-refractivity contribution in [2.75, 3.05) is 17.2 Å². The highest BCUT2D eigenvalue weighted by atomic mass is 32.2. The molecule has 0 saturated carbocycles. The second-order valence-electron chi connectivity index (χ2n) is 10.0. The summed E-state index contributed by atoms with van der Waals surface area (Å²) in [6, 6.07) is 19.3. The summed E-state index contributed by atoms with van der Waals surface area (Å²) in [5.41, 5.74) is 5.39. The van der Waals surface area contributed by atoms with Gasteiger partial charge in [0.1, 0.15) is 12.1 Å². The Morgan fingerprint density at radius 3 is 2.66 bits per heavy atom. The number of rotatable bonds is 9. The SMILES string of the molecule is CCCc1ccc(C)cc1N1C(=O)CS/C1=N\C(=S)NCCc1cccc(-c2ncn(-c3ccc(OC(F)(F)F)cc3)n2)c1. The second kappa shape index (κ2) is 13.6. The summed E-state index contributed by atoms with van der Waals surface area (Å²) in [5, 5.41) is 8.53. The molecule has 0 bridgehead atoms. The Balaban J connectivity index is 1.21. The fraction of sp³-hybridized carbons (Fsp3) is 0.258. The van der Waals surface area contributed by atoms with E-state index in [-0.39, 0.29) is 11.7 Å². The van der Waals surface area contributed by atoms with E-state index >= 15 is 0 Å². The lowest BCUT2D eigenvalue weighted by atomic mass is 10.0. The molecule has 0 radical (unpaired) electrons. The summed E-state index contributed by atoms with van der Waals surface area (Å²) in [6.45, 7) is 4.64. The first-order valence-corrected chi connectivity index (χ1v) is 15.3. The van der Waals surface area contributed by atoms with Gasteiger partial charge >= 0.3 is 6.36 Å². The van der Waals surface area contributed by atoms with E-state index in [0.717, 1.165) is 40.8 Å². The summed E-state index contributed by atoms with van der Waals surface area (Å²) in [6.07, 6.45) is -0.776. The van der Waals surface area contributed by atoms with Crippen molar-refractivity contribution in [2.45, 2.75) is 39.5 Å². The lowest BCUT2D eigenvalue weighted by Crippen LogP contribution is -2.32. The number of benzene rings is 3. The smallest absolute Gasteiger partial charge is 0.406 e. The quantitative estimate of drug-likeness (QED) is 0.206. The third-order valence-corrected chi connectivity index (χ3v) is 7.82. The molecule has 0 aliphatic carbocycles. The van der Waals surface area contributed by atoms with Crippen LogP contribution in [0.1, 0.15) is 30.0 Å². The largest absolute Gasteiger partial charge is 0.573 e. The second-order valence-corrected chi connectivity index (χ2v) is 11.4. The molecule has 1 aliphatic heterocycles. The number of carbonyl (C=O) groups excluding carboxylic acids is 1. The standard InChI is InChI=1S/C31H29F3N6O2S2/c1-3-5-22-9-8-20(2)16-26(22)40-27(41)18-44-30(40)37-29(43)35-15-14-21-6-4-7-23(17-21)28-36-19-39(38-28)24-10-12-25(13-11-24)42-31(32,33)34/h4,6-13,16-17,19H,3,5,14-15,18H2,1-2H3,(H,35,43)/b37-30-. The number of aromatic nitrogens is 3. The Bertz CT molecular complexity index is 1690. The van der Waals surface area contributed by atoms with Gasteiger partial charge < -0.3 is 10.1 Å². The van der Waals surface area contributed by atoms with Crippen molar-refractivity contribution in [1.29, 1.82) is 0 Å². The average Bonchev–Trinajstić information content (AvgIpc) is 3.61. The zero-order valence-corrected chi connectivity index (χ0v) is 25.6. The van der Waals surface area contributed by atoms with E-state index in [0.29, 0.717) is 40.5 Å². The summed E-state index contributed by atoms with van der Waals surface area (Å²) in [5.74, 6) is 0.461. The Morgan fingerprint density at radius 1 is 1.11 bits per heavy atom. The molecule has 4 aromatic rings. The van der Waals surface area contributed by atoms with E-state index < -0.39 is 6.36 Å². The number of amidine groups is 1. The number of ether oxygens (including phenoxy) is 1. The van der Waals surface area contributed by atoms with Gasteiger partial charge in [0.2, 0.25) is 5.91 Å². The van der Waals surface area contributed by atoms with Crippen molar-refractivity contribution < 1.29 is 22.7 Å². The molecule has 2 heterocycles.